The molecule has 2 N–H and O–H groups in total. The normalized spacial score (nSPS) is 13.2. The number of hydrogen-bond donors (Lipinski definition) is 2. The zero-order chi connectivity index (χ0) is 23.3. The average molecular weight is 516 g/mol. The summed E-state index contributed by atoms with van der Waals surface area (Å²) in [5.74, 6) is 0. The van der Waals surface area contributed by atoms with Crippen molar-refractivity contribution in [2.75, 3.05) is 6.54 Å². The van der Waals surface area contributed by atoms with Crippen molar-refractivity contribution in [3.63, 3.8) is 0 Å². The molecule has 2 atom stereocenters. The maximum Gasteiger partial charge on any atom is 0.240 e. The van der Waals surface area contributed by atoms with Gasteiger partial charge in [0, 0.05) is 23.7 Å². The van der Waals surface area contributed by atoms with Crippen molar-refractivity contribution in [3.8, 4) is 0 Å². The second kappa shape index (κ2) is 11.8. The number of halogens is 2. The van der Waals surface area contributed by atoms with Gasteiger partial charge in [-0.05, 0) is 59.5 Å². The van der Waals surface area contributed by atoms with Crippen molar-refractivity contribution in [2.24, 2.45) is 0 Å². The summed E-state index contributed by atoms with van der Waals surface area (Å²) >= 11 is 5.93. The first kappa shape index (κ1) is 26.2. The third kappa shape index (κ3) is 6.59. The summed E-state index contributed by atoms with van der Waals surface area (Å²) < 4.78 is 29.0. The van der Waals surface area contributed by atoms with Crippen LogP contribution in [0.5, 0.6) is 0 Å². The first-order chi connectivity index (χ1) is 15.9. The largest absolute Gasteiger partial charge is 0.309 e. The second-order valence-electron chi connectivity index (χ2n) is 8.16. The second-order valence-corrected chi connectivity index (χ2v) is 10.3. The fourth-order valence-electron chi connectivity index (χ4n) is 4.01. The molecule has 0 amide bonds. The van der Waals surface area contributed by atoms with Crippen LogP contribution in [0.2, 0.25) is 5.02 Å². The summed E-state index contributed by atoms with van der Waals surface area (Å²) in [6.45, 7) is 2.58. The third-order valence-electron chi connectivity index (χ3n) is 5.73. The van der Waals surface area contributed by atoms with Crippen LogP contribution < -0.4 is 10.0 Å². The van der Waals surface area contributed by atoms with E-state index < -0.39 is 10.0 Å². The lowest BCUT2D eigenvalue weighted by Gasteiger charge is -2.23. The van der Waals surface area contributed by atoms with E-state index in [-0.39, 0.29) is 29.4 Å². The Bertz CT molecular complexity index is 1310. The minimum Gasteiger partial charge on any atom is -0.309 e. The van der Waals surface area contributed by atoms with E-state index in [1.807, 2.05) is 42.5 Å². The predicted molar refractivity (Wildman–Crippen MR) is 143 cm³/mol. The number of nitrogens with one attached hydrogen (secondary N) is 2. The van der Waals surface area contributed by atoms with Gasteiger partial charge in [-0.15, -0.1) is 12.4 Å². The molecule has 4 aromatic rings. The van der Waals surface area contributed by atoms with Crippen molar-refractivity contribution >= 4 is 44.8 Å². The lowest BCUT2D eigenvalue weighted by molar-refractivity contribution is 0.482. The Labute approximate surface area is 212 Å². The van der Waals surface area contributed by atoms with Gasteiger partial charge in [0.05, 0.1) is 4.90 Å². The Balaban J connectivity index is 0.00000324. The number of fused-ring (bicyclic) bond motifs is 1. The lowest BCUT2D eigenvalue weighted by atomic mass is 9.99. The zero-order valence-corrected chi connectivity index (χ0v) is 21.2. The quantitative estimate of drug-likeness (QED) is 0.281. The molecule has 0 aliphatic heterocycles. The van der Waals surface area contributed by atoms with Gasteiger partial charge in [0.25, 0.3) is 0 Å². The summed E-state index contributed by atoms with van der Waals surface area (Å²) in [6, 6.07) is 30.4. The summed E-state index contributed by atoms with van der Waals surface area (Å²) in [6.07, 6.45) is 0.572. The molecule has 4 nitrogen and oxygen atoms in total. The highest BCUT2D eigenvalue weighted by atomic mass is 35.5. The van der Waals surface area contributed by atoms with E-state index in [2.05, 4.69) is 47.3 Å². The SMILES string of the molecule is CC(NCC(Cc1ccccc1)NS(=O)(=O)c1ccc(Cl)cc1)c1cccc2ccccc12.Cl. The molecule has 0 aliphatic carbocycles. The topological polar surface area (TPSA) is 58.2 Å². The Hall–Kier alpha value is -2.41. The average Bonchev–Trinajstić information content (AvgIpc) is 2.82. The Morgan fingerprint density at radius 2 is 1.47 bits per heavy atom. The first-order valence-electron chi connectivity index (χ1n) is 11.0. The van der Waals surface area contributed by atoms with Gasteiger partial charge in [-0.2, -0.15) is 0 Å². The van der Waals surface area contributed by atoms with E-state index in [1.54, 1.807) is 12.1 Å². The van der Waals surface area contributed by atoms with Crippen LogP contribution in [0.15, 0.2) is 102 Å². The Morgan fingerprint density at radius 3 is 2.21 bits per heavy atom. The van der Waals surface area contributed by atoms with Crippen LogP contribution in [-0.4, -0.2) is 21.0 Å². The smallest absolute Gasteiger partial charge is 0.240 e. The van der Waals surface area contributed by atoms with Gasteiger partial charge < -0.3 is 5.32 Å². The first-order valence-corrected chi connectivity index (χ1v) is 12.8. The minimum atomic E-state index is -3.69. The molecule has 0 heterocycles. The van der Waals surface area contributed by atoms with E-state index in [4.69, 9.17) is 11.6 Å². The van der Waals surface area contributed by atoms with E-state index in [0.717, 1.165) is 5.56 Å². The Morgan fingerprint density at radius 1 is 0.824 bits per heavy atom. The molecule has 178 valence electrons. The van der Waals surface area contributed by atoms with E-state index in [0.29, 0.717) is 18.0 Å². The van der Waals surface area contributed by atoms with Crippen molar-refractivity contribution in [1.29, 1.82) is 0 Å². The van der Waals surface area contributed by atoms with E-state index >= 15 is 0 Å². The molecule has 0 aromatic heterocycles. The van der Waals surface area contributed by atoms with Gasteiger partial charge in [0.1, 0.15) is 0 Å². The lowest BCUT2D eigenvalue weighted by Crippen LogP contribution is -2.44. The summed E-state index contributed by atoms with van der Waals surface area (Å²) in [5, 5.41) is 6.43. The van der Waals surface area contributed by atoms with Gasteiger partial charge >= 0.3 is 0 Å². The van der Waals surface area contributed by atoms with Gasteiger partial charge in [-0.1, -0.05) is 84.4 Å². The molecule has 4 aromatic carbocycles. The highest BCUT2D eigenvalue weighted by molar-refractivity contribution is 7.89. The molecule has 0 spiro atoms. The fraction of sp³-hybridized carbons (Fsp3) is 0.185. The molecule has 0 saturated carbocycles. The monoisotopic (exact) mass is 514 g/mol. The maximum absolute atomic E-state index is 13.1. The van der Waals surface area contributed by atoms with Crippen LogP contribution >= 0.6 is 24.0 Å². The molecular weight excluding hydrogens is 487 g/mol. The molecule has 0 bridgehead atoms. The van der Waals surface area contributed by atoms with Gasteiger partial charge in [-0.3, -0.25) is 0 Å². The molecule has 0 fully saturated rings. The van der Waals surface area contributed by atoms with Crippen molar-refractivity contribution < 1.29 is 8.42 Å². The standard InChI is InChI=1S/C27H27ClN2O2S.ClH/c1-20(26-13-7-11-22-10-5-6-12-27(22)26)29-19-24(18-21-8-3-2-4-9-21)30-33(31,32)25-16-14-23(28)15-17-25;/h2-17,20,24,29-30H,18-19H2,1H3;1H. The van der Waals surface area contributed by atoms with Gasteiger partial charge in [0.2, 0.25) is 10.0 Å². The minimum absolute atomic E-state index is 0. The van der Waals surface area contributed by atoms with Crippen molar-refractivity contribution in [3.05, 3.63) is 113 Å². The van der Waals surface area contributed by atoms with E-state index in [1.165, 1.54) is 28.5 Å². The Kier molecular flexibility index (Phi) is 9.11. The molecular formula is C27H28Cl2N2O2S. The molecule has 0 saturated heterocycles. The van der Waals surface area contributed by atoms with Gasteiger partial charge in [0.15, 0.2) is 0 Å². The highest BCUT2D eigenvalue weighted by Crippen LogP contribution is 2.24. The molecule has 7 heteroatoms. The van der Waals surface area contributed by atoms with Crippen molar-refractivity contribution in [2.45, 2.75) is 30.3 Å². The van der Waals surface area contributed by atoms with Crippen molar-refractivity contribution in [1.82, 2.24) is 10.0 Å². The van der Waals surface area contributed by atoms with Crippen LogP contribution in [-0.2, 0) is 16.4 Å². The summed E-state index contributed by atoms with van der Waals surface area (Å²) in [4.78, 5) is 0.201. The van der Waals surface area contributed by atoms with Crippen LogP contribution in [0.3, 0.4) is 0 Å². The van der Waals surface area contributed by atoms with Gasteiger partial charge in [-0.25, -0.2) is 13.1 Å². The van der Waals surface area contributed by atoms with E-state index in [9.17, 15) is 8.42 Å². The highest BCUT2D eigenvalue weighted by Gasteiger charge is 2.21. The fourth-order valence-corrected chi connectivity index (χ4v) is 5.37. The van der Waals surface area contributed by atoms with Crippen LogP contribution in [0, 0.1) is 0 Å². The molecule has 2 unspecified atom stereocenters. The predicted octanol–water partition coefficient (Wildman–Crippen LogP) is 6.16. The summed E-state index contributed by atoms with van der Waals surface area (Å²) in [5.41, 5.74) is 2.26. The number of hydrogen-bond acceptors (Lipinski definition) is 3. The zero-order valence-electron chi connectivity index (χ0n) is 18.8. The third-order valence-corrected chi connectivity index (χ3v) is 7.52. The molecule has 0 radical (unpaired) electrons. The van der Waals surface area contributed by atoms with Crippen LogP contribution in [0.1, 0.15) is 24.1 Å². The molecule has 0 aliphatic rings. The number of rotatable bonds is 9. The van der Waals surface area contributed by atoms with Crippen LogP contribution in [0.4, 0.5) is 0 Å². The molecule has 4 rings (SSSR count). The summed E-state index contributed by atoms with van der Waals surface area (Å²) in [7, 11) is -3.69. The van der Waals surface area contributed by atoms with Crippen LogP contribution in [0.25, 0.3) is 10.8 Å². The maximum atomic E-state index is 13.1. The molecule has 34 heavy (non-hydrogen) atoms. The number of sulfonamides is 1. The number of benzene rings is 4.